The fourth-order valence-electron chi connectivity index (χ4n) is 3.46. The molecule has 0 saturated carbocycles. The van der Waals surface area contributed by atoms with Crippen molar-refractivity contribution >= 4 is 20.3 Å². The number of esters is 2. The molecule has 0 radical (unpaired) electrons. The Kier molecular flexibility index (Phi) is 9.63. The summed E-state index contributed by atoms with van der Waals surface area (Å²) >= 11 is 0. The first-order valence-electron chi connectivity index (χ1n) is 11.3. The van der Waals surface area contributed by atoms with Gasteiger partial charge in [0.2, 0.25) is 0 Å². The molecule has 0 aliphatic carbocycles. The van der Waals surface area contributed by atoms with Gasteiger partial charge in [-0.1, -0.05) is 51.1 Å². The Bertz CT molecular complexity index is 781. The molecular formula is C24H39NO7Si. The molecule has 1 aliphatic heterocycles. The molecule has 1 aliphatic rings. The molecule has 1 fully saturated rings. The van der Waals surface area contributed by atoms with Crippen LogP contribution in [0.25, 0.3) is 0 Å². The number of ether oxygens (including phenoxy) is 4. The highest BCUT2D eigenvalue weighted by Gasteiger charge is 2.51. The smallest absolute Gasteiger partial charge is 0.303 e. The van der Waals surface area contributed by atoms with Gasteiger partial charge in [0.05, 0.1) is 12.6 Å². The first-order chi connectivity index (χ1) is 15.4. The van der Waals surface area contributed by atoms with Crippen LogP contribution in [0, 0.1) is 0 Å². The molecule has 1 N–H and O–H groups in total. The zero-order chi connectivity index (χ0) is 24.8. The monoisotopic (exact) mass is 481 g/mol. The number of carbonyl (C=O) groups excluding carboxylic acids is 2. The molecule has 33 heavy (non-hydrogen) atoms. The van der Waals surface area contributed by atoms with Crippen LogP contribution in [0.4, 0.5) is 0 Å². The van der Waals surface area contributed by atoms with Crippen molar-refractivity contribution in [2.24, 2.45) is 0 Å². The van der Waals surface area contributed by atoms with Gasteiger partial charge in [-0.25, -0.2) is 0 Å². The maximum Gasteiger partial charge on any atom is 0.303 e. The molecule has 5 atom stereocenters. The van der Waals surface area contributed by atoms with Crippen molar-refractivity contribution in [1.29, 1.82) is 0 Å². The molecule has 0 amide bonds. The van der Waals surface area contributed by atoms with Gasteiger partial charge in [-0.2, -0.15) is 0 Å². The SMILES string of the molecule is CO[C@@H]1O[C@H](CO[Si](C)(C)C(C)(C)C)[C@@H](OC(C)=O)[C@H](OC(C)=O)[C@H]1NCc1ccccc1. The summed E-state index contributed by atoms with van der Waals surface area (Å²) in [6.45, 7) is 14.1. The second kappa shape index (κ2) is 11.6. The van der Waals surface area contributed by atoms with Crippen molar-refractivity contribution in [3.63, 3.8) is 0 Å². The summed E-state index contributed by atoms with van der Waals surface area (Å²) in [6.07, 6.45) is -3.07. The van der Waals surface area contributed by atoms with E-state index < -0.39 is 50.9 Å². The van der Waals surface area contributed by atoms with E-state index in [0.717, 1.165) is 5.56 Å². The molecule has 0 unspecified atom stereocenters. The van der Waals surface area contributed by atoms with Gasteiger partial charge in [-0.15, -0.1) is 0 Å². The van der Waals surface area contributed by atoms with Crippen LogP contribution in [0.1, 0.15) is 40.2 Å². The molecule has 1 saturated heterocycles. The number of methoxy groups -OCH3 is 1. The summed E-state index contributed by atoms with van der Waals surface area (Å²) < 4.78 is 29.5. The standard InChI is InChI=1S/C24H39NO7Si/c1-16(26)30-21-19(15-29-33(7,8)24(3,4)5)32-23(28-6)20(22(21)31-17(2)27)25-14-18-12-10-9-11-13-18/h9-13,19-23,25H,14-15H2,1-8H3/t19-,20-,21-,22-,23-/m1/s1. The quantitative estimate of drug-likeness (QED) is 0.424. The van der Waals surface area contributed by atoms with Crippen LogP contribution in [0.2, 0.25) is 18.1 Å². The number of rotatable bonds is 9. The molecule has 8 nitrogen and oxygen atoms in total. The van der Waals surface area contributed by atoms with E-state index in [1.54, 1.807) is 0 Å². The fourth-order valence-corrected chi connectivity index (χ4v) is 4.47. The highest BCUT2D eigenvalue weighted by molar-refractivity contribution is 6.74. The number of nitrogens with one attached hydrogen (secondary N) is 1. The lowest BCUT2D eigenvalue weighted by molar-refractivity contribution is -0.270. The summed E-state index contributed by atoms with van der Waals surface area (Å²) in [4.78, 5) is 24.0. The third-order valence-corrected chi connectivity index (χ3v) is 10.8. The minimum Gasteiger partial charge on any atom is -0.457 e. The van der Waals surface area contributed by atoms with Crippen LogP contribution in [-0.4, -0.2) is 64.6 Å². The van der Waals surface area contributed by atoms with Crippen molar-refractivity contribution in [3.8, 4) is 0 Å². The van der Waals surface area contributed by atoms with Crippen molar-refractivity contribution in [2.45, 2.75) is 89.9 Å². The molecule has 1 heterocycles. The van der Waals surface area contributed by atoms with Crippen LogP contribution < -0.4 is 5.32 Å². The largest absolute Gasteiger partial charge is 0.457 e. The lowest BCUT2D eigenvalue weighted by atomic mass is 9.96. The third kappa shape index (κ3) is 7.61. The van der Waals surface area contributed by atoms with E-state index in [4.69, 9.17) is 23.4 Å². The first kappa shape index (κ1) is 27.5. The van der Waals surface area contributed by atoms with Gasteiger partial charge in [0.15, 0.2) is 26.8 Å². The minimum atomic E-state index is -2.11. The van der Waals surface area contributed by atoms with Gasteiger partial charge >= 0.3 is 11.9 Å². The highest BCUT2D eigenvalue weighted by Crippen LogP contribution is 2.37. The van der Waals surface area contributed by atoms with Crippen molar-refractivity contribution in [3.05, 3.63) is 35.9 Å². The molecule has 1 aromatic carbocycles. The predicted molar refractivity (Wildman–Crippen MR) is 127 cm³/mol. The van der Waals surface area contributed by atoms with Crippen molar-refractivity contribution < 1.29 is 33.0 Å². The molecular weight excluding hydrogens is 442 g/mol. The summed E-state index contributed by atoms with van der Waals surface area (Å²) in [5.41, 5.74) is 1.04. The van der Waals surface area contributed by atoms with E-state index >= 15 is 0 Å². The Morgan fingerprint density at radius 1 is 1.03 bits per heavy atom. The Hall–Kier alpha value is -1.78. The third-order valence-electron chi connectivity index (χ3n) is 6.28. The van der Waals surface area contributed by atoms with Crippen LogP contribution in [0.15, 0.2) is 30.3 Å². The number of carbonyl (C=O) groups is 2. The molecule has 1 aromatic rings. The average molecular weight is 482 g/mol. The minimum absolute atomic E-state index is 0.00564. The molecule has 0 spiro atoms. The number of hydrogen-bond acceptors (Lipinski definition) is 8. The summed E-state index contributed by atoms with van der Waals surface area (Å²) in [6, 6.07) is 9.24. The number of benzene rings is 1. The van der Waals surface area contributed by atoms with E-state index in [1.807, 2.05) is 30.3 Å². The number of hydrogen-bond donors (Lipinski definition) is 1. The van der Waals surface area contributed by atoms with Gasteiger partial charge in [0.1, 0.15) is 6.10 Å². The predicted octanol–water partition coefficient (Wildman–Crippen LogP) is 3.40. The highest BCUT2D eigenvalue weighted by atomic mass is 28.4. The molecule has 0 aromatic heterocycles. The maximum absolute atomic E-state index is 12.0. The van der Waals surface area contributed by atoms with Crippen molar-refractivity contribution in [1.82, 2.24) is 5.32 Å². The van der Waals surface area contributed by atoms with Crippen LogP contribution >= 0.6 is 0 Å². The van der Waals surface area contributed by atoms with Crippen LogP contribution in [0.3, 0.4) is 0 Å². The van der Waals surface area contributed by atoms with E-state index in [9.17, 15) is 9.59 Å². The Morgan fingerprint density at radius 2 is 1.61 bits per heavy atom. The molecule has 9 heteroatoms. The second-order valence-electron chi connectivity index (χ2n) is 9.89. The fraction of sp³-hybridized carbons (Fsp3) is 0.667. The van der Waals surface area contributed by atoms with E-state index in [1.165, 1.54) is 21.0 Å². The lowest BCUT2D eigenvalue weighted by Crippen LogP contribution is -2.66. The Balaban J connectivity index is 2.31. The van der Waals surface area contributed by atoms with Gasteiger partial charge in [-0.3, -0.25) is 9.59 Å². The zero-order valence-electron chi connectivity index (χ0n) is 21.0. The van der Waals surface area contributed by atoms with Gasteiger partial charge < -0.3 is 28.7 Å². The average Bonchev–Trinajstić information content (AvgIpc) is 2.72. The molecule has 0 bridgehead atoms. The Labute approximate surface area is 198 Å². The normalized spacial score (nSPS) is 26.0. The first-order valence-corrected chi connectivity index (χ1v) is 14.2. The van der Waals surface area contributed by atoms with Gasteiger partial charge in [0.25, 0.3) is 0 Å². The second-order valence-corrected chi connectivity index (χ2v) is 14.7. The molecule has 2 rings (SSSR count). The zero-order valence-corrected chi connectivity index (χ0v) is 22.0. The van der Waals surface area contributed by atoms with Crippen LogP contribution in [-0.2, 0) is 39.5 Å². The van der Waals surface area contributed by atoms with E-state index in [0.29, 0.717) is 6.54 Å². The summed E-state index contributed by atoms with van der Waals surface area (Å²) in [7, 11) is -0.573. The van der Waals surface area contributed by atoms with Crippen LogP contribution in [0.5, 0.6) is 0 Å². The van der Waals surface area contributed by atoms with Crippen molar-refractivity contribution in [2.75, 3.05) is 13.7 Å². The van der Waals surface area contributed by atoms with E-state index in [-0.39, 0.29) is 11.6 Å². The molecule has 186 valence electrons. The summed E-state index contributed by atoms with van der Waals surface area (Å²) in [5, 5.41) is 3.36. The lowest BCUT2D eigenvalue weighted by Gasteiger charge is -2.46. The van der Waals surface area contributed by atoms with E-state index in [2.05, 4.69) is 39.2 Å². The Morgan fingerprint density at radius 3 is 2.12 bits per heavy atom. The summed E-state index contributed by atoms with van der Waals surface area (Å²) in [5.74, 6) is -0.972. The maximum atomic E-state index is 12.0. The van der Waals surface area contributed by atoms with Gasteiger partial charge in [0, 0.05) is 27.5 Å². The van der Waals surface area contributed by atoms with Gasteiger partial charge in [-0.05, 0) is 23.7 Å². The topological polar surface area (TPSA) is 92.3 Å².